The standard InChI is InChI=1S/C12H23N3O3/c1-3-4-10(11(16)17)14-12(18)13-7-9-5-6-15(2)8-9/h9-10H,3-8H2,1-2H3,(H,16,17)(H2,13,14,18). The average molecular weight is 257 g/mol. The molecule has 1 aliphatic rings. The largest absolute Gasteiger partial charge is 0.480 e. The number of nitrogens with zero attached hydrogens (tertiary/aromatic N) is 1. The maximum Gasteiger partial charge on any atom is 0.326 e. The zero-order valence-corrected chi connectivity index (χ0v) is 11.1. The molecule has 1 rings (SSSR count). The fourth-order valence-electron chi connectivity index (χ4n) is 2.19. The van der Waals surface area contributed by atoms with Crippen LogP contribution in [-0.2, 0) is 4.79 Å². The van der Waals surface area contributed by atoms with Crippen molar-refractivity contribution in [2.45, 2.75) is 32.2 Å². The number of carboxylic acids is 1. The van der Waals surface area contributed by atoms with Crippen molar-refractivity contribution in [3.05, 3.63) is 0 Å². The molecule has 6 nitrogen and oxygen atoms in total. The van der Waals surface area contributed by atoms with Crippen molar-refractivity contribution in [2.24, 2.45) is 5.92 Å². The molecule has 104 valence electrons. The number of hydrogen-bond donors (Lipinski definition) is 3. The van der Waals surface area contributed by atoms with E-state index < -0.39 is 12.0 Å². The van der Waals surface area contributed by atoms with Crippen molar-refractivity contribution in [1.82, 2.24) is 15.5 Å². The van der Waals surface area contributed by atoms with E-state index >= 15 is 0 Å². The predicted molar refractivity (Wildman–Crippen MR) is 68.5 cm³/mol. The summed E-state index contributed by atoms with van der Waals surface area (Å²) in [6.45, 7) is 4.54. The van der Waals surface area contributed by atoms with Gasteiger partial charge in [-0.15, -0.1) is 0 Å². The zero-order valence-electron chi connectivity index (χ0n) is 11.1. The van der Waals surface area contributed by atoms with Crippen LogP contribution in [0.15, 0.2) is 0 Å². The van der Waals surface area contributed by atoms with E-state index in [1.54, 1.807) is 0 Å². The summed E-state index contributed by atoms with van der Waals surface area (Å²) in [7, 11) is 2.06. The summed E-state index contributed by atoms with van der Waals surface area (Å²) in [5, 5.41) is 14.2. The highest BCUT2D eigenvalue weighted by Crippen LogP contribution is 2.12. The van der Waals surface area contributed by atoms with E-state index in [4.69, 9.17) is 5.11 Å². The molecule has 0 radical (unpaired) electrons. The van der Waals surface area contributed by atoms with E-state index in [0.717, 1.165) is 25.9 Å². The lowest BCUT2D eigenvalue weighted by Gasteiger charge is -2.16. The third-order valence-corrected chi connectivity index (χ3v) is 3.22. The molecule has 0 aliphatic carbocycles. The molecule has 2 atom stereocenters. The highest BCUT2D eigenvalue weighted by Gasteiger charge is 2.22. The van der Waals surface area contributed by atoms with Crippen LogP contribution in [0.4, 0.5) is 4.79 Å². The summed E-state index contributed by atoms with van der Waals surface area (Å²) < 4.78 is 0. The molecule has 0 aromatic rings. The first-order valence-electron chi connectivity index (χ1n) is 6.48. The van der Waals surface area contributed by atoms with Gasteiger partial charge in [0.15, 0.2) is 0 Å². The normalized spacial score (nSPS) is 21.6. The minimum Gasteiger partial charge on any atom is -0.480 e. The van der Waals surface area contributed by atoms with Gasteiger partial charge in [0.1, 0.15) is 6.04 Å². The number of amides is 2. The number of aliphatic carboxylic acids is 1. The maximum absolute atomic E-state index is 11.6. The zero-order chi connectivity index (χ0) is 13.5. The number of hydrogen-bond acceptors (Lipinski definition) is 3. The number of carbonyl (C=O) groups excluding carboxylic acids is 1. The van der Waals surface area contributed by atoms with Gasteiger partial charge in [-0.1, -0.05) is 13.3 Å². The Bertz CT molecular complexity index is 296. The van der Waals surface area contributed by atoms with Gasteiger partial charge in [0.2, 0.25) is 0 Å². The summed E-state index contributed by atoms with van der Waals surface area (Å²) in [6.07, 6.45) is 2.26. The number of carbonyl (C=O) groups is 2. The number of nitrogens with one attached hydrogen (secondary N) is 2. The van der Waals surface area contributed by atoms with Crippen molar-refractivity contribution < 1.29 is 14.7 Å². The highest BCUT2D eigenvalue weighted by atomic mass is 16.4. The summed E-state index contributed by atoms with van der Waals surface area (Å²) in [4.78, 5) is 24.7. The molecule has 6 heteroatoms. The number of likely N-dealkylation sites (tertiary alicyclic amines) is 1. The molecular formula is C12H23N3O3. The fraction of sp³-hybridized carbons (Fsp3) is 0.833. The van der Waals surface area contributed by atoms with Crippen LogP contribution in [0.1, 0.15) is 26.2 Å². The van der Waals surface area contributed by atoms with E-state index in [0.29, 0.717) is 18.9 Å². The molecular weight excluding hydrogens is 234 g/mol. The molecule has 0 aromatic carbocycles. The Labute approximate surface area is 108 Å². The Balaban J connectivity index is 2.25. The van der Waals surface area contributed by atoms with Gasteiger partial charge in [0.25, 0.3) is 0 Å². The second-order valence-corrected chi connectivity index (χ2v) is 4.95. The van der Waals surface area contributed by atoms with Crippen LogP contribution >= 0.6 is 0 Å². The van der Waals surface area contributed by atoms with Crippen LogP contribution in [0, 0.1) is 5.92 Å². The maximum atomic E-state index is 11.6. The van der Waals surface area contributed by atoms with Crippen molar-refractivity contribution >= 4 is 12.0 Å². The van der Waals surface area contributed by atoms with Crippen LogP contribution in [-0.4, -0.2) is 54.7 Å². The minimum absolute atomic E-state index is 0.384. The smallest absolute Gasteiger partial charge is 0.326 e. The molecule has 18 heavy (non-hydrogen) atoms. The van der Waals surface area contributed by atoms with Crippen LogP contribution in [0.25, 0.3) is 0 Å². The van der Waals surface area contributed by atoms with Gasteiger partial charge in [0.05, 0.1) is 0 Å². The third kappa shape index (κ3) is 4.91. The number of urea groups is 1. The first-order chi connectivity index (χ1) is 8.52. The second kappa shape index (κ2) is 7.20. The minimum atomic E-state index is -0.979. The first kappa shape index (κ1) is 14.8. The molecule has 1 saturated heterocycles. The molecule has 2 amide bonds. The Morgan fingerprint density at radius 1 is 1.50 bits per heavy atom. The summed E-state index contributed by atoms with van der Waals surface area (Å²) in [5.41, 5.74) is 0. The molecule has 0 spiro atoms. The molecule has 0 aromatic heterocycles. The Kier molecular flexibility index (Phi) is 5.91. The van der Waals surface area contributed by atoms with Gasteiger partial charge in [0, 0.05) is 13.1 Å². The lowest BCUT2D eigenvalue weighted by atomic mass is 10.1. The lowest BCUT2D eigenvalue weighted by molar-refractivity contribution is -0.139. The Hall–Kier alpha value is -1.30. The molecule has 0 saturated carbocycles. The molecule has 2 unspecified atom stereocenters. The van der Waals surface area contributed by atoms with Crippen LogP contribution in [0.5, 0.6) is 0 Å². The Morgan fingerprint density at radius 2 is 2.22 bits per heavy atom. The monoisotopic (exact) mass is 257 g/mol. The van der Waals surface area contributed by atoms with E-state index in [9.17, 15) is 9.59 Å². The Morgan fingerprint density at radius 3 is 2.72 bits per heavy atom. The molecule has 1 heterocycles. The van der Waals surface area contributed by atoms with Crippen molar-refractivity contribution in [2.75, 3.05) is 26.7 Å². The van der Waals surface area contributed by atoms with E-state index in [-0.39, 0.29) is 6.03 Å². The van der Waals surface area contributed by atoms with Gasteiger partial charge in [-0.05, 0) is 32.4 Å². The summed E-state index contributed by atoms with van der Waals surface area (Å²) in [5.74, 6) is -0.511. The van der Waals surface area contributed by atoms with Crippen molar-refractivity contribution in [3.63, 3.8) is 0 Å². The number of rotatable bonds is 6. The predicted octanol–water partition coefficient (Wildman–Crippen LogP) is 0.491. The van der Waals surface area contributed by atoms with E-state index in [1.807, 2.05) is 6.92 Å². The first-order valence-corrected chi connectivity index (χ1v) is 6.48. The van der Waals surface area contributed by atoms with Gasteiger partial charge in [-0.25, -0.2) is 9.59 Å². The lowest BCUT2D eigenvalue weighted by Crippen LogP contribution is -2.47. The summed E-state index contributed by atoms with van der Waals surface area (Å²) >= 11 is 0. The SMILES string of the molecule is CCCC(NC(=O)NCC1CCN(C)C1)C(=O)O. The fourth-order valence-corrected chi connectivity index (χ4v) is 2.19. The molecule has 0 bridgehead atoms. The van der Waals surface area contributed by atoms with E-state index in [2.05, 4.69) is 22.6 Å². The highest BCUT2D eigenvalue weighted by molar-refractivity contribution is 5.82. The van der Waals surface area contributed by atoms with Crippen molar-refractivity contribution in [1.29, 1.82) is 0 Å². The van der Waals surface area contributed by atoms with Gasteiger partial charge < -0.3 is 20.6 Å². The van der Waals surface area contributed by atoms with Gasteiger partial charge in [-0.3, -0.25) is 0 Å². The van der Waals surface area contributed by atoms with Crippen LogP contribution in [0.3, 0.4) is 0 Å². The summed E-state index contributed by atoms with van der Waals surface area (Å²) in [6, 6.07) is -1.17. The third-order valence-electron chi connectivity index (χ3n) is 3.22. The van der Waals surface area contributed by atoms with Crippen LogP contribution in [0.2, 0.25) is 0 Å². The van der Waals surface area contributed by atoms with Gasteiger partial charge >= 0.3 is 12.0 Å². The van der Waals surface area contributed by atoms with Crippen molar-refractivity contribution in [3.8, 4) is 0 Å². The molecule has 1 fully saturated rings. The number of carboxylic acid groups (broad SMARTS) is 1. The van der Waals surface area contributed by atoms with Crippen LogP contribution < -0.4 is 10.6 Å². The molecule has 3 N–H and O–H groups in total. The van der Waals surface area contributed by atoms with E-state index in [1.165, 1.54) is 0 Å². The average Bonchev–Trinajstić information content (AvgIpc) is 2.72. The topological polar surface area (TPSA) is 81.7 Å². The quantitative estimate of drug-likeness (QED) is 0.647. The second-order valence-electron chi connectivity index (χ2n) is 4.95. The van der Waals surface area contributed by atoms with Gasteiger partial charge in [-0.2, -0.15) is 0 Å². The molecule has 1 aliphatic heterocycles.